The van der Waals surface area contributed by atoms with Gasteiger partial charge in [0.1, 0.15) is 5.58 Å². The predicted molar refractivity (Wildman–Crippen MR) is 99.8 cm³/mol. The van der Waals surface area contributed by atoms with Crippen LogP contribution in [0.1, 0.15) is 16.1 Å². The molecule has 0 atom stereocenters. The quantitative estimate of drug-likeness (QED) is 0.537. The lowest BCUT2D eigenvalue weighted by molar-refractivity contribution is 0.0926. The van der Waals surface area contributed by atoms with Crippen LogP contribution in [0.3, 0.4) is 0 Å². The maximum absolute atomic E-state index is 12.5. The number of fused-ring (bicyclic) bond motifs is 2. The number of furan rings is 1. The number of nitrogens with zero attached hydrogens (tertiary/aromatic N) is 2. The van der Waals surface area contributed by atoms with Crippen LogP contribution in [0.2, 0.25) is 5.02 Å². The van der Waals surface area contributed by atoms with Crippen molar-refractivity contribution in [1.29, 1.82) is 0 Å². The zero-order valence-electron chi connectivity index (χ0n) is 13.5. The number of thiazole rings is 1. The smallest absolute Gasteiger partial charge is 0.307 e. The van der Waals surface area contributed by atoms with Crippen LogP contribution in [0, 0.1) is 6.92 Å². The number of rotatable bonds is 2. The van der Waals surface area contributed by atoms with Crippen LogP contribution in [0.5, 0.6) is 0 Å². The van der Waals surface area contributed by atoms with Crippen molar-refractivity contribution in [2.45, 2.75) is 6.92 Å². The van der Waals surface area contributed by atoms with Gasteiger partial charge in [-0.1, -0.05) is 35.1 Å². The first kappa shape index (κ1) is 15.9. The Bertz CT molecular complexity index is 1190. The van der Waals surface area contributed by atoms with Crippen LogP contribution in [0.25, 0.3) is 21.2 Å². The lowest BCUT2D eigenvalue weighted by atomic mass is 10.1. The molecule has 0 saturated carbocycles. The zero-order valence-corrected chi connectivity index (χ0v) is 15.1. The molecule has 0 bridgehead atoms. The number of carbonyl (C=O) groups excluding carboxylic acids is 1. The van der Waals surface area contributed by atoms with E-state index in [0.29, 0.717) is 15.4 Å². The van der Waals surface area contributed by atoms with Gasteiger partial charge in [0.05, 0.1) is 10.2 Å². The number of hydrogen-bond donors (Lipinski definition) is 1. The van der Waals surface area contributed by atoms with Gasteiger partial charge >= 0.3 is 5.91 Å². The molecule has 0 fully saturated rings. The summed E-state index contributed by atoms with van der Waals surface area (Å²) in [4.78, 5) is 13.2. The monoisotopic (exact) mass is 371 g/mol. The SMILES string of the molecule is Cc1c(C(=O)N/N=c2\sc3ccccc3n2C)oc2ccc(Cl)cc12. The number of benzene rings is 2. The minimum absolute atomic E-state index is 0.241. The van der Waals surface area contributed by atoms with Gasteiger partial charge in [-0.15, -0.1) is 5.10 Å². The summed E-state index contributed by atoms with van der Waals surface area (Å²) in [5, 5.41) is 5.67. The molecule has 0 radical (unpaired) electrons. The Labute approximate surface area is 152 Å². The third-order valence-corrected chi connectivity index (χ3v) is 5.42. The summed E-state index contributed by atoms with van der Waals surface area (Å²) in [6.07, 6.45) is 0. The van der Waals surface area contributed by atoms with Crippen molar-refractivity contribution in [3.05, 3.63) is 63.6 Å². The molecule has 0 unspecified atom stereocenters. The number of aromatic nitrogens is 1. The minimum Gasteiger partial charge on any atom is -0.451 e. The Morgan fingerprint density at radius 3 is 2.88 bits per heavy atom. The molecule has 2 aromatic heterocycles. The van der Waals surface area contributed by atoms with Gasteiger partial charge in [0.15, 0.2) is 5.76 Å². The van der Waals surface area contributed by atoms with Crippen LogP contribution in [0.4, 0.5) is 0 Å². The number of nitrogens with one attached hydrogen (secondary N) is 1. The number of halogens is 1. The summed E-state index contributed by atoms with van der Waals surface area (Å²) in [6, 6.07) is 13.3. The van der Waals surface area contributed by atoms with Crippen molar-refractivity contribution in [2.75, 3.05) is 0 Å². The van der Waals surface area contributed by atoms with Gasteiger partial charge < -0.3 is 8.98 Å². The third kappa shape index (κ3) is 2.73. The number of para-hydroxylation sites is 1. The molecule has 126 valence electrons. The van der Waals surface area contributed by atoms with Gasteiger partial charge in [-0.2, -0.15) is 0 Å². The lowest BCUT2D eigenvalue weighted by Gasteiger charge is -1.97. The molecular formula is C18H14ClN3O2S. The maximum atomic E-state index is 12.5. The van der Waals surface area contributed by atoms with Crippen LogP contribution in [-0.4, -0.2) is 10.5 Å². The standard InChI is InChI=1S/C18H14ClN3O2S/c1-10-12-9-11(19)7-8-14(12)24-16(10)17(23)20-21-18-22(2)13-5-3-4-6-15(13)25-18/h3-9H,1-2H3,(H,20,23)/b21-18-. The summed E-state index contributed by atoms with van der Waals surface area (Å²) < 4.78 is 8.70. The fraction of sp³-hybridized carbons (Fsp3) is 0.111. The molecule has 2 aromatic carbocycles. The minimum atomic E-state index is -0.387. The Kier molecular flexibility index (Phi) is 3.86. The average molecular weight is 372 g/mol. The number of amides is 1. The van der Waals surface area contributed by atoms with Crippen LogP contribution in [0.15, 0.2) is 52.0 Å². The highest BCUT2D eigenvalue weighted by atomic mass is 35.5. The molecule has 0 aliphatic rings. The molecule has 0 aliphatic heterocycles. The van der Waals surface area contributed by atoms with E-state index >= 15 is 0 Å². The molecule has 5 nitrogen and oxygen atoms in total. The van der Waals surface area contributed by atoms with E-state index in [2.05, 4.69) is 10.5 Å². The Hall–Kier alpha value is -2.57. The van der Waals surface area contributed by atoms with Gasteiger partial charge in [-0.05, 0) is 37.3 Å². The van der Waals surface area contributed by atoms with Crippen molar-refractivity contribution in [1.82, 2.24) is 9.99 Å². The molecule has 2 heterocycles. The second kappa shape index (κ2) is 6.06. The number of aryl methyl sites for hydroxylation is 2. The van der Waals surface area contributed by atoms with Crippen LogP contribution < -0.4 is 10.2 Å². The van der Waals surface area contributed by atoms with Crippen molar-refractivity contribution in [3.8, 4) is 0 Å². The molecule has 0 aliphatic carbocycles. The first-order valence-electron chi connectivity index (χ1n) is 7.62. The highest BCUT2D eigenvalue weighted by Gasteiger charge is 2.17. The first-order valence-corrected chi connectivity index (χ1v) is 8.81. The molecule has 4 aromatic rings. The summed E-state index contributed by atoms with van der Waals surface area (Å²) in [5.74, 6) is -0.146. The van der Waals surface area contributed by atoms with Gasteiger partial charge in [-0.3, -0.25) is 4.79 Å². The highest BCUT2D eigenvalue weighted by Crippen LogP contribution is 2.27. The normalized spacial score (nSPS) is 12.2. The van der Waals surface area contributed by atoms with E-state index < -0.39 is 0 Å². The topological polar surface area (TPSA) is 59.5 Å². The molecule has 0 saturated heterocycles. The Morgan fingerprint density at radius 2 is 2.08 bits per heavy atom. The van der Waals surface area contributed by atoms with E-state index in [1.165, 1.54) is 11.3 Å². The highest BCUT2D eigenvalue weighted by molar-refractivity contribution is 7.16. The number of carbonyl (C=O) groups is 1. The lowest BCUT2D eigenvalue weighted by Crippen LogP contribution is -2.23. The molecular weight excluding hydrogens is 358 g/mol. The largest absolute Gasteiger partial charge is 0.451 e. The number of hydrogen-bond acceptors (Lipinski definition) is 4. The van der Waals surface area contributed by atoms with E-state index in [0.717, 1.165) is 21.2 Å². The summed E-state index contributed by atoms with van der Waals surface area (Å²) in [6.45, 7) is 1.83. The second-order valence-electron chi connectivity index (χ2n) is 5.66. The summed E-state index contributed by atoms with van der Waals surface area (Å²) >= 11 is 7.52. The predicted octanol–water partition coefficient (Wildman–Crippen LogP) is 4.19. The molecule has 25 heavy (non-hydrogen) atoms. The molecule has 1 amide bonds. The van der Waals surface area contributed by atoms with Crippen LogP contribution >= 0.6 is 22.9 Å². The van der Waals surface area contributed by atoms with Crippen molar-refractivity contribution < 1.29 is 9.21 Å². The average Bonchev–Trinajstić information content (AvgIpc) is 3.11. The second-order valence-corrected chi connectivity index (χ2v) is 7.11. The van der Waals surface area contributed by atoms with E-state index in [1.54, 1.807) is 18.2 Å². The third-order valence-electron chi connectivity index (χ3n) is 4.07. The van der Waals surface area contributed by atoms with Gasteiger partial charge in [0.25, 0.3) is 0 Å². The van der Waals surface area contributed by atoms with E-state index in [4.69, 9.17) is 16.0 Å². The summed E-state index contributed by atoms with van der Waals surface area (Å²) in [5.41, 5.74) is 5.01. The molecule has 1 N–H and O–H groups in total. The molecule has 4 rings (SSSR count). The van der Waals surface area contributed by atoms with E-state index in [1.807, 2.05) is 42.8 Å². The van der Waals surface area contributed by atoms with Gasteiger partial charge in [0.2, 0.25) is 4.80 Å². The maximum Gasteiger partial charge on any atom is 0.307 e. The van der Waals surface area contributed by atoms with E-state index in [9.17, 15) is 4.79 Å². The zero-order chi connectivity index (χ0) is 17.6. The van der Waals surface area contributed by atoms with Crippen LogP contribution in [-0.2, 0) is 7.05 Å². The molecule has 7 heteroatoms. The first-order chi connectivity index (χ1) is 12.0. The fourth-order valence-electron chi connectivity index (χ4n) is 2.75. The fourth-order valence-corrected chi connectivity index (χ4v) is 3.90. The van der Waals surface area contributed by atoms with E-state index in [-0.39, 0.29) is 11.7 Å². The molecule has 0 spiro atoms. The van der Waals surface area contributed by atoms with Gasteiger partial charge in [-0.25, -0.2) is 5.43 Å². The summed E-state index contributed by atoms with van der Waals surface area (Å²) in [7, 11) is 1.91. The van der Waals surface area contributed by atoms with Crippen molar-refractivity contribution >= 4 is 50.0 Å². The van der Waals surface area contributed by atoms with Gasteiger partial charge in [0, 0.05) is 23.0 Å². The Balaban J connectivity index is 1.70. The Morgan fingerprint density at radius 1 is 1.28 bits per heavy atom. The van der Waals surface area contributed by atoms with Crippen molar-refractivity contribution in [3.63, 3.8) is 0 Å². The van der Waals surface area contributed by atoms with Crippen molar-refractivity contribution in [2.24, 2.45) is 12.1 Å².